The van der Waals surface area contributed by atoms with Crippen LogP contribution in [0.15, 0.2) is 0 Å². The molecule has 1 N–H and O–H groups in total. The van der Waals surface area contributed by atoms with Crippen molar-refractivity contribution in [3.8, 4) is 0 Å². The Labute approximate surface area is 137 Å². The molecule has 0 aromatic heterocycles. The van der Waals surface area contributed by atoms with Crippen molar-refractivity contribution in [2.24, 2.45) is 11.3 Å². The number of nitrogens with zero attached hydrogens (tertiary/aromatic N) is 1. The SMILES string of the molecule is CC(=O)SCC1CNCC12CCN(C(=O)OC(C)(C)C)CC2. The predicted octanol–water partition coefficient (Wildman–Crippen LogP) is 2.50. The Bertz CT molecular complexity index is 426. The molecule has 5 nitrogen and oxygen atoms in total. The van der Waals surface area contributed by atoms with E-state index in [0.29, 0.717) is 5.92 Å². The van der Waals surface area contributed by atoms with Gasteiger partial charge in [-0.05, 0) is 51.5 Å². The summed E-state index contributed by atoms with van der Waals surface area (Å²) in [6.07, 6.45) is 1.77. The van der Waals surface area contributed by atoms with Crippen LogP contribution in [0.1, 0.15) is 40.5 Å². The normalized spacial score (nSPS) is 24.5. The molecule has 2 aliphatic rings. The molecule has 0 bridgehead atoms. The van der Waals surface area contributed by atoms with Crippen LogP contribution in [0.4, 0.5) is 4.79 Å². The summed E-state index contributed by atoms with van der Waals surface area (Å²) in [7, 11) is 0. The number of piperidine rings is 1. The lowest BCUT2D eigenvalue weighted by Gasteiger charge is -2.42. The number of hydrogen-bond donors (Lipinski definition) is 1. The molecule has 2 aliphatic heterocycles. The van der Waals surface area contributed by atoms with Gasteiger partial charge in [-0.25, -0.2) is 4.79 Å². The number of amides is 1. The summed E-state index contributed by atoms with van der Waals surface area (Å²) < 4.78 is 5.46. The van der Waals surface area contributed by atoms with E-state index >= 15 is 0 Å². The van der Waals surface area contributed by atoms with Crippen molar-refractivity contribution in [2.75, 3.05) is 31.9 Å². The molecule has 6 heteroatoms. The molecule has 22 heavy (non-hydrogen) atoms. The van der Waals surface area contributed by atoms with Gasteiger partial charge in [0.1, 0.15) is 5.60 Å². The molecule has 2 fully saturated rings. The highest BCUT2D eigenvalue weighted by Gasteiger charge is 2.45. The van der Waals surface area contributed by atoms with Gasteiger partial charge in [-0.1, -0.05) is 11.8 Å². The van der Waals surface area contributed by atoms with E-state index < -0.39 is 5.60 Å². The first-order valence-electron chi connectivity index (χ1n) is 8.04. The summed E-state index contributed by atoms with van der Waals surface area (Å²) >= 11 is 1.43. The molecule has 0 aliphatic carbocycles. The van der Waals surface area contributed by atoms with Crippen LogP contribution in [-0.2, 0) is 9.53 Å². The number of thioether (sulfide) groups is 1. The van der Waals surface area contributed by atoms with E-state index in [1.54, 1.807) is 6.92 Å². The minimum atomic E-state index is -0.443. The van der Waals surface area contributed by atoms with Gasteiger partial charge in [-0.2, -0.15) is 0 Å². The summed E-state index contributed by atoms with van der Waals surface area (Å²) in [6.45, 7) is 10.8. The second kappa shape index (κ2) is 6.79. The zero-order valence-corrected chi connectivity index (χ0v) is 14.9. The Morgan fingerprint density at radius 3 is 2.50 bits per heavy atom. The van der Waals surface area contributed by atoms with Gasteiger partial charge in [-0.15, -0.1) is 0 Å². The average molecular weight is 328 g/mol. The first-order chi connectivity index (χ1) is 10.2. The number of hydrogen-bond acceptors (Lipinski definition) is 5. The second-order valence-electron chi connectivity index (χ2n) is 7.46. The molecule has 0 radical (unpaired) electrons. The van der Waals surface area contributed by atoms with Crippen LogP contribution in [-0.4, -0.2) is 53.6 Å². The number of carbonyl (C=O) groups is 2. The number of likely N-dealkylation sites (tertiary alicyclic amines) is 1. The smallest absolute Gasteiger partial charge is 0.410 e. The highest BCUT2D eigenvalue weighted by molar-refractivity contribution is 8.13. The largest absolute Gasteiger partial charge is 0.444 e. The van der Waals surface area contributed by atoms with Gasteiger partial charge < -0.3 is 15.0 Å². The second-order valence-corrected chi connectivity index (χ2v) is 8.66. The molecular weight excluding hydrogens is 300 g/mol. The Kier molecular flexibility index (Phi) is 5.43. The maximum absolute atomic E-state index is 12.2. The summed E-state index contributed by atoms with van der Waals surface area (Å²) in [4.78, 5) is 25.2. The van der Waals surface area contributed by atoms with E-state index in [4.69, 9.17) is 4.74 Å². The lowest BCUT2D eigenvalue weighted by Crippen LogP contribution is -2.48. The van der Waals surface area contributed by atoms with E-state index in [-0.39, 0.29) is 16.6 Å². The van der Waals surface area contributed by atoms with E-state index in [0.717, 1.165) is 44.8 Å². The van der Waals surface area contributed by atoms with Crippen molar-refractivity contribution in [1.82, 2.24) is 10.2 Å². The number of rotatable bonds is 2. The van der Waals surface area contributed by atoms with Gasteiger partial charge >= 0.3 is 6.09 Å². The molecule has 126 valence electrons. The van der Waals surface area contributed by atoms with E-state index in [2.05, 4.69) is 5.32 Å². The predicted molar refractivity (Wildman–Crippen MR) is 89.0 cm³/mol. The number of carbonyl (C=O) groups excluding carboxylic acids is 2. The molecule has 1 amide bonds. The van der Waals surface area contributed by atoms with E-state index in [9.17, 15) is 9.59 Å². The molecule has 0 aromatic rings. The molecule has 0 aromatic carbocycles. The third-order valence-corrected chi connectivity index (χ3v) is 5.61. The highest BCUT2D eigenvalue weighted by atomic mass is 32.2. The zero-order valence-electron chi connectivity index (χ0n) is 14.1. The molecule has 0 saturated carbocycles. The molecule has 2 rings (SSSR count). The molecule has 1 unspecified atom stereocenters. The average Bonchev–Trinajstić information content (AvgIpc) is 2.78. The Morgan fingerprint density at radius 1 is 1.32 bits per heavy atom. The first-order valence-corrected chi connectivity index (χ1v) is 9.02. The van der Waals surface area contributed by atoms with Crippen molar-refractivity contribution in [2.45, 2.75) is 46.1 Å². The molecule has 2 saturated heterocycles. The Morgan fingerprint density at radius 2 is 1.95 bits per heavy atom. The molecule has 2 heterocycles. The Hall–Kier alpha value is -0.750. The van der Waals surface area contributed by atoms with Crippen LogP contribution in [0, 0.1) is 11.3 Å². The lowest BCUT2D eigenvalue weighted by molar-refractivity contribution is -0.109. The number of ether oxygens (including phenoxy) is 1. The number of nitrogens with one attached hydrogen (secondary N) is 1. The van der Waals surface area contributed by atoms with Crippen LogP contribution in [0.25, 0.3) is 0 Å². The minimum absolute atomic E-state index is 0.188. The first kappa shape index (κ1) is 17.6. The van der Waals surface area contributed by atoms with Gasteiger partial charge in [0.25, 0.3) is 0 Å². The summed E-state index contributed by atoms with van der Waals surface area (Å²) in [5.41, 5.74) is -0.206. The summed E-state index contributed by atoms with van der Waals surface area (Å²) in [5.74, 6) is 1.40. The minimum Gasteiger partial charge on any atom is -0.444 e. The van der Waals surface area contributed by atoms with Gasteiger partial charge in [0.05, 0.1) is 0 Å². The van der Waals surface area contributed by atoms with Gasteiger partial charge in [-0.3, -0.25) is 4.79 Å². The standard InChI is InChI=1S/C16H28N2O3S/c1-12(19)22-10-13-9-17-11-16(13)5-7-18(8-6-16)14(20)21-15(2,3)4/h13,17H,5-11H2,1-4H3. The van der Waals surface area contributed by atoms with Crippen LogP contribution in [0.5, 0.6) is 0 Å². The van der Waals surface area contributed by atoms with Crippen molar-refractivity contribution in [1.29, 1.82) is 0 Å². The monoisotopic (exact) mass is 328 g/mol. The van der Waals surface area contributed by atoms with Gasteiger partial charge in [0.15, 0.2) is 5.12 Å². The highest BCUT2D eigenvalue weighted by Crippen LogP contribution is 2.43. The third-order valence-electron chi connectivity index (χ3n) is 4.63. The van der Waals surface area contributed by atoms with Gasteiger partial charge in [0, 0.05) is 32.3 Å². The lowest BCUT2D eigenvalue weighted by atomic mass is 9.71. The topological polar surface area (TPSA) is 58.6 Å². The van der Waals surface area contributed by atoms with Crippen molar-refractivity contribution in [3.05, 3.63) is 0 Å². The van der Waals surface area contributed by atoms with Gasteiger partial charge in [0.2, 0.25) is 0 Å². The maximum atomic E-state index is 12.2. The Balaban J connectivity index is 1.90. The maximum Gasteiger partial charge on any atom is 0.410 e. The van der Waals surface area contributed by atoms with Crippen LogP contribution >= 0.6 is 11.8 Å². The quantitative estimate of drug-likeness (QED) is 0.844. The zero-order chi connectivity index (χ0) is 16.4. The summed E-state index contributed by atoms with van der Waals surface area (Å²) in [5, 5.41) is 3.67. The summed E-state index contributed by atoms with van der Waals surface area (Å²) in [6, 6.07) is 0. The van der Waals surface area contributed by atoms with Crippen LogP contribution < -0.4 is 5.32 Å². The third kappa shape index (κ3) is 4.38. The molecular formula is C16H28N2O3S. The molecule has 1 spiro atoms. The fraction of sp³-hybridized carbons (Fsp3) is 0.875. The van der Waals surface area contributed by atoms with E-state index in [1.807, 2.05) is 25.7 Å². The molecule has 1 atom stereocenters. The van der Waals surface area contributed by atoms with Crippen molar-refractivity contribution in [3.63, 3.8) is 0 Å². The fourth-order valence-electron chi connectivity index (χ4n) is 3.36. The van der Waals surface area contributed by atoms with E-state index in [1.165, 1.54) is 11.8 Å². The van der Waals surface area contributed by atoms with Crippen molar-refractivity contribution < 1.29 is 14.3 Å². The fourth-order valence-corrected chi connectivity index (χ4v) is 4.26. The van der Waals surface area contributed by atoms with Crippen molar-refractivity contribution >= 4 is 23.0 Å². The van der Waals surface area contributed by atoms with Crippen LogP contribution in [0.2, 0.25) is 0 Å². The van der Waals surface area contributed by atoms with Crippen LogP contribution in [0.3, 0.4) is 0 Å².